The Morgan fingerprint density at radius 1 is 0.396 bits per heavy atom. The van der Waals surface area contributed by atoms with Crippen molar-refractivity contribution in [3.8, 4) is 11.1 Å². The van der Waals surface area contributed by atoms with E-state index in [1.165, 1.54) is 32.1 Å². The zero-order valence-corrected chi connectivity index (χ0v) is 31.9. The van der Waals surface area contributed by atoms with Crippen LogP contribution in [0.5, 0.6) is 0 Å². The summed E-state index contributed by atoms with van der Waals surface area (Å²) in [5.41, 5.74) is 4.49. The van der Waals surface area contributed by atoms with Gasteiger partial charge < -0.3 is 0 Å². The van der Waals surface area contributed by atoms with E-state index < -0.39 is 14.8 Å². The van der Waals surface area contributed by atoms with E-state index in [1.54, 1.807) is 0 Å². The first-order valence-corrected chi connectivity index (χ1v) is 22.4. The fourth-order valence-corrected chi connectivity index (χ4v) is 15.3. The number of rotatable bonds is 14. The first-order chi connectivity index (χ1) is 26.2. The molecule has 53 heavy (non-hydrogen) atoms. The molecule has 0 saturated carbocycles. The van der Waals surface area contributed by atoms with Gasteiger partial charge in [-0.3, -0.25) is 0 Å². The summed E-state index contributed by atoms with van der Waals surface area (Å²) in [5, 5.41) is 15.1. The predicted molar refractivity (Wildman–Crippen MR) is 239 cm³/mol. The quantitative estimate of drug-likeness (QED) is 0.0862. The Morgan fingerprint density at radius 2 is 0.792 bits per heavy atom. The summed E-state index contributed by atoms with van der Waals surface area (Å²) in [6.45, 7) is 3.86. The van der Waals surface area contributed by atoms with Gasteiger partial charge >= 0.3 is 317 Å². The molecule has 0 aliphatic heterocycles. The van der Waals surface area contributed by atoms with E-state index in [9.17, 15) is 0 Å². The molecule has 0 aliphatic rings. The van der Waals surface area contributed by atoms with Crippen LogP contribution in [0.15, 0.2) is 237 Å². The number of nitrogens with one attached hydrogen (secondary N) is 2. The van der Waals surface area contributed by atoms with Crippen molar-refractivity contribution in [3.63, 3.8) is 0 Å². The van der Waals surface area contributed by atoms with Crippen LogP contribution in [0.2, 0.25) is 0 Å². The molecule has 4 heteroatoms. The van der Waals surface area contributed by atoms with E-state index in [2.05, 4.69) is 235 Å². The minimum atomic E-state index is -2.83. The van der Waals surface area contributed by atoms with Crippen molar-refractivity contribution in [2.24, 2.45) is 0 Å². The molecule has 0 unspecified atom stereocenters. The van der Waals surface area contributed by atoms with Gasteiger partial charge in [0.15, 0.2) is 0 Å². The zero-order valence-electron chi connectivity index (χ0n) is 29.9. The molecule has 0 atom stereocenters. The monoisotopic (exact) mass is 724 g/mol. The number of benzene rings is 7. The van der Waals surface area contributed by atoms with Gasteiger partial charge in [-0.25, -0.2) is 0 Å². The first-order valence-electron chi connectivity index (χ1n) is 18.2. The number of anilines is 2. The Bertz CT molecular complexity index is 2120. The van der Waals surface area contributed by atoms with Crippen molar-refractivity contribution in [1.29, 1.82) is 0 Å². The molecule has 0 heterocycles. The van der Waals surface area contributed by atoms with E-state index in [4.69, 9.17) is 0 Å². The Kier molecular flexibility index (Phi) is 11.5. The van der Waals surface area contributed by atoms with Crippen LogP contribution < -0.4 is 36.7 Å². The molecular weight excluding hydrogens is 679 g/mol. The van der Waals surface area contributed by atoms with Crippen molar-refractivity contribution < 1.29 is 0 Å². The molecule has 0 radical (unpaired) electrons. The molecule has 0 spiro atoms. The molecule has 0 bridgehead atoms. The average molecular weight is 725 g/mol. The molecule has 0 aromatic heterocycles. The van der Waals surface area contributed by atoms with Gasteiger partial charge in [0.2, 0.25) is 0 Å². The molecule has 0 saturated heterocycles. The number of hydrogen-bond acceptors (Lipinski definition) is 2. The predicted octanol–water partition coefficient (Wildman–Crippen LogP) is 10.4. The van der Waals surface area contributed by atoms with Crippen LogP contribution in [0.4, 0.5) is 11.4 Å². The molecule has 0 aliphatic carbocycles. The van der Waals surface area contributed by atoms with Crippen molar-refractivity contribution in [2.75, 3.05) is 16.3 Å². The number of hydrogen-bond donors (Lipinski definition) is 2. The van der Waals surface area contributed by atoms with Crippen LogP contribution in [0.3, 0.4) is 0 Å². The van der Waals surface area contributed by atoms with Crippen molar-refractivity contribution >= 4 is 52.7 Å². The second kappa shape index (κ2) is 17.2. The summed E-state index contributed by atoms with van der Waals surface area (Å²) in [4.78, 5) is 0. The third-order valence-corrected chi connectivity index (χ3v) is 18.3. The molecule has 0 amide bonds. The fraction of sp³-hybridized carbons (Fsp3) is 0.0204. The molecule has 2 N–H and O–H groups in total. The van der Waals surface area contributed by atoms with Crippen molar-refractivity contribution in [3.05, 3.63) is 237 Å². The van der Waals surface area contributed by atoms with Crippen molar-refractivity contribution in [1.82, 2.24) is 0 Å². The zero-order chi connectivity index (χ0) is 36.2. The van der Waals surface area contributed by atoms with E-state index in [-0.39, 0.29) is 0 Å². The van der Waals surface area contributed by atoms with Crippen LogP contribution in [0, 0.1) is 0 Å². The SMILES string of the molecule is C=C/C=C\C=C/C[PH](Nc1cc(N[PH](c2ccccc2)(c2ccccc2)c2ccccc2)cc(-c2ccccc2)c1)(c1ccccc1)c1ccccc1. The average Bonchev–Trinajstić information content (AvgIpc) is 3.24. The van der Waals surface area contributed by atoms with Crippen molar-refractivity contribution in [2.45, 2.75) is 0 Å². The van der Waals surface area contributed by atoms with E-state index in [1.807, 2.05) is 12.2 Å². The summed E-state index contributed by atoms with van der Waals surface area (Å²) in [6.07, 6.45) is 11.1. The van der Waals surface area contributed by atoms with Gasteiger partial charge in [0.1, 0.15) is 0 Å². The van der Waals surface area contributed by atoms with Gasteiger partial charge in [0.25, 0.3) is 0 Å². The van der Waals surface area contributed by atoms with E-state index in [0.717, 1.165) is 23.1 Å². The maximum atomic E-state index is 4.31. The van der Waals surface area contributed by atoms with E-state index >= 15 is 0 Å². The minimum absolute atomic E-state index is 0.859. The second-order valence-corrected chi connectivity index (χ2v) is 20.3. The molecule has 7 aromatic rings. The normalized spacial score (nSPS) is 12.4. The third-order valence-electron chi connectivity index (χ3n) is 9.80. The maximum absolute atomic E-state index is 4.31. The summed E-state index contributed by atoms with van der Waals surface area (Å²) < 4.78 is 0. The van der Waals surface area contributed by atoms with Crippen LogP contribution >= 0.6 is 14.8 Å². The number of allylic oxidation sites excluding steroid dienone is 5. The van der Waals surface area contributed by atoms with E-state index in [0.29, 0.717) is 0 Å². The van der Waals surface area contributed by atoms with Crippen LogP contribution in [-0.2, 0) is 0 Å². The molecular formula is C49H46N2P2. The second-order valence-electron chi connectivity index (χ2n) is 13.2. The summed E-state index contributed by atoms with van der Waals surface area (Å²) in [6, 6.07) is 72.7. The molecule has 7 rings (SSSR count). The molecule has 262 valence electrons. The van der Waals surface area contributed by atoms with Gasteiger partial charge in [-0.15, -0.1) is 0 Å². The Labute approximate surface area is 316 Å². The van der Waals surface area contributed by atoms with Crippen LogP contribution in [0.1, 0.15) is 0 Å². The van der Waals surface area contributed by atoms with Gasteiger partial charge in [0.05, 0.1) is 0 Å². The van der Waals surface area contributed by atoms with Crippen LogP contribution in [-0.4, -0.2) is 6.16 Å². The molecule has 7 aromatic carbocycles. The van der Waals surface area contributed by atoms with Gasteiger partial charge in [-0.2, -0.15) is 0 Å². The Balaban J connectivity index is 1.45. The van der Waals surface area contributed by atoms with Gasteiger partial charge in [-0.05, 0) is 0 Å². The molecule has 2 nitrogen and oxygen atoms in total. The molecule has 0 fully saturated rings. The summed E-state index contributed by atoms with van der Waals surface area (Å²) >= 11 is 0. The first kappa shape index (κ1) is 35.6. The van der Waals surface area contributed by atoms with Gasteiger partial charge in [0, 0.05) is 0 Å². The summed E-state index contributed by atoms with van der Waals surface area (Å²) in [5.74, 6) is 0. The Morgan fingerprint density at radius 3 is 1.23 bits per heavy atom. The summed E-state index contributed by atoms with van der Waals surface area (Å²) in [7, 11) is -5.48. The Hall–Kier alpha value is -5.78. The van der Waals surface area contributed by atoms with Gasteiger partial charge in [-0.1, -0.05) is 0 Å². The standard InChI is InChI=1S/C49H46N2P2/c1-2-3-4-5-24-37-52(45-27-14-7-15-28-45,46-29-16-8-17-30-46)50-43-38-42(41-25-12-6-13-26-41)39-44(40-43)51-53(47-31-18-9-19-32-47,48-33-20-10-21-34-48)49-35-22-11-23-36-49/h2-36,38-40,50-53H,1,37H2/b4-3-,24-5-. The van der Waals surface area contributed by atoms with Crippen LogP contribution in [0.25, 0.3) is 11.1 Å². The topological polar surface area (TPSA) is 24.1 Å². The fourth-order valence-electron chi connectivity index (χ4n) is 7.32. The third kappa shape index (κ3) is 8.01.